The Labute approximate surface area is 181 Å². The predicted molar refractivity (Wildman–Crippen MR) is 121 cm³/mol. The van der Waals surface area contributed by atoms with Gasteiger partial charge in [-0.3, -0.25) is 9.69 Å². The summed E-state index contributed by atoms with van der Waals surface area (Å²) in [6.07, 6.45) is 0.0412. The van der Waals surface area contributed by atoms with Crippen molar-refractivity contribution >= 4 is 21.9 Å². The summed E-state index contributed by atoms with van der Waals surface area (Å²) in [5, 5.41) is 9.70. The highest BCUT2D eigenvalue weighted by Crippen LogP contribution is 2.36. The third-order valence-electron chi connectivity index (χ3n) is 5.34. The van der Waals surface area contributed by atoms with Gasteiger partial charge in [-0.1, -0.05) is 88.7 Å². The fourth-order valence-electron chi connectivity index (χ4n) is 3.64. The van der Waals surface area contributed by atoms with E-state index >= 15 is 0 Å². The van der Waals surface area contributed by atoms with Gasteiger partial charge in [0.1, 0.15) is 0 Å². The second kappa shape index (κ2) is 9.86. The molecule has 150 valence electrons. The Hall–Kier alpha value is -2.43. The third-order valence-corrected chi connectivity index (χ3v) is 6.19. The average molecular weight is 452 g/mol. The molecule has 0 heterocycles. The Morgan fingerprint density at radius 1 is 0.966 bits per heavy atom. The second-order valence-corrected chi connectivity index (χ2v) is 8.22. The lowest BCUT2D eigenvalue weighted by Crippen LogP contribution is -2.32. The molecular weight excluding hydrogens is 426 g/mol. The molecule has 0 spiro atoms. The molecule has 2 unspecified atom stereocenters. The molecule has 1 N–H and O–H groups in total. The van der Waals surface area contributed by atoms with Crippen LogP contribution >= 0.6 is 15.9 Å². The molecule has 2 atom stereocenters. The first-order chi connectivity index (χ1) is 14.0. The van der Waals surface area contributed by atoms with Gasteiger partial charge in [-0.05, 0) is 42.2 Å². The van der Waals surface area contributed by atoms with Crippen molar-refractivity contribution in [3.8, 4) is 0 Å². The molecule has 29 heavy (non-hydrogen) atoms. The quantitative estimate of drug-likeness (QED) is 0.422. The summed E-state index contributed by atoms with van der Waals surface area (Å²) in [6, 6.07) is 26.4. The first-order valence-corrected chi connectivity index (χ1v) is 10.6. The van der Waals surface area contributed by atoms with Crippen LogP contribution in [0.4, 0.5) is 0 Å². The van der Waals surface area contributed by atoms with Crippen LogP contribution < -0.4 is 0 Å². The standard InChI is InChI=1S/C25H26BrNO2/c1-18-13-14-22(15-23(18)26)24(16-25(28)29)27(17-20-9-5-3-6-10-20)19(2)21-11-7-4-8-12-21/h3-15,19,24H,16-17H2,1-2H3,(H,28,29). The number of hydrogen-bond acceptors (Lipinski definition) is 2. The average Bonchev–Trinajstić information content (AvgIpc) is 2.73. The van der Waals surface area contributed by atoms with Crippen LogP contribution in [0.2, 0.25) is 0 Å². The van der Waals surface area contributed by atoms with Gasteiger partial charge in [-0.2, -0.15) is 0 Å². The van der Waals surface area contributed by atoms with Crippen LogP contribution in [0.1, 0.15) is 47.7 Å². The van der Waals surface area contributed by atoms with Gasteiger partial charge in [-0.15, -0.1) is 0 Å². The summed E-state index contributed by atoms with van der Waals surface area (Å²) >= 11 is 3.61. The van der Waals surface area contributed by atoms with Gasteiger partial charge in [0.05, 0.1) is 6.42 Å². The topological polar surface area (TPSA) is 40.5 Å². The van der Waals surface area contributed by atoms with E-state index in [1.54, 1.807) is 0 Å². The van der Waals surface area contributed by atoms with E-state index in [0.29, 0.717) is 6.54 Å². The first-order valence-electron chi connectivity index (χ1n) is 9.78. The van der Waals surface area contributed by atoms with Crippen molar-refractivity contribution in [1.82, 2.24) is 4.90 Å². The Kier molecular flexibility index (Phi) is 7.24. The maximum Gasteiger partial charge on any atom is 0.305 e. The van der Waals surface area contributed by atoms with Gasteiger partial charge in [0.2, 0.25) is 0 Å². The lowest BCUT2D eigenvalue weighted by molar-refractivity contribution is -0.138. The zero-order valence-corrected chi connectivity index (χ0v) is 18.3. The summed E-state index contributed by atoms with van der Waals surface area (Å²) in [5.41, 5.74) is 4.47. The Morgan fingerprint density at radius 2 is 1.59 bits per heavy atom. The Morgan fingerprint density at radius 3 is 2.17 bits per heavy atom. The van der Waals surface area contributed by atoms with Crippen molar-refractivity contribution in [3.63, 3.8) is 0 Å². The van der Waals surface area contributed by atoms with E-state index in [-0.39, 0.29) is 18.5 Å². The molecule has 0 saturated carbocycles. The van der Waals surface area contributed by atoms with E-state index in [4.69, 9.17) is 0 Å². The Balaban J connectivity index is 2.05. The van der Waals surface area contributed by atoms with Crippen LogP contribution in [0.15, 0.2) is 83.3 Å². The fraction of sp³-hybridized carbons (Fsp3) is 0.240. The molecule has 4 heteroatoms. The number of aliphatic carboxylic acids is 1. The second-order valence-electron chi connectivity index (χ2n) is 7.37. The molecule has 0 bridgehead atoms. The van der Waals surface area contributed by atoms with Gasteiger partial charge in [0.25, 0.3) is 0 Å². The summed E-state index contributed by atoms with van der Waals surface area (Å²) in [4.78, 5) is 14.1. The van der Waals surface area contributed by atoms with E-state index in [1.165, 1.54) is 5.56 Å². The SMILES string of the molecule is Cc1ccc(C(CC(=O)O)N(Cc2ccccc2)C(C)c2ccccc2)cc1Br. The molecule has 0 saturated heterocycles. The minimum absolute atomic E-state index is 0.0412. The summed E-state index contributed by atoms with van der Waals surface area (Å²) in [7, 11) is 0. The highest BCUT2D eigenvalue weighted by atomic mass is 79.9. The molecule has 0 amide bonds. The molecule has 0 radical (unpaired) electrons. The zero-order chi connectivity index (χ0) is 20.8. The number of carboxylic acid groups (broad SMARTS) is 1. The van der Waals surface area contributed by atoms with Crippen molar-refractivity contribution in [2.24, 2.45) is 0 Å². The number of nitrogens with zero attached hydrogens (tertiary/aromatic N) is 1. The van der Waals surface area contributed by atoms with Gasteiger partial charge < -0.3 is 5.11 Å². The zero-order valence-electron chi connectivity index (χ0n) is 16.8. The lowest BCUT2D eigenvalue weighted by atomic mass is 9.96. The van der Waals surface area contributed by atoms with Gasteiger partial charge in [0, 0.05) is 23.1 Å². The highest BCUT2D eigenvalue weighted by Gasteiger charge is 2.28. The minimum Gasteiger partial charge on any atom is -0.481 e. The molecule has 3 aromatic rings. The molecule has 3 rings (SSSR count). The van der Waals surface area contributed by atoms with E-state index in [9.17, 15) is 9.90 Å². The maximum absolute atomic E-state index is 11.8. The molecule has 0 fully saturated rings. The van der Waals surface area contributed by atoms with E-state index < -0.39 is 5.97 Å². The minimum atomic E-state index is -0.801. The predicted octanol–water partition coefficient (Wildman–Crippen LogP) is 6.54. The van der Waals surface area contributed by atoms with Crippen molar-refractivity contribution < 1.29 is 9.90 Å². The number of aryl methyl sites for hydroxylation is 1. The molecule has 0 aliphatic carbocycles. The van der Waals surface area contributed by atoms with Gasteiger partial charge in [-0.25, -0.2) is 0 Å². The van der Waals surface area contributed by atoms with Crippen LogP contribution in [0, 0.1) is 6.92 Å². The summed E-state index contributed by atoms with van der Waals surface area (Å²) in [5.74, 6) is -0.801. The summed E-state index contributed by atoms with van der Waals surface area (Å²) < 4.78 is 0.998. The normalized spacial score (nSPS) is 13.2. The number of rotatable bonds is 8. The van der Waals surface area contributed by atoms with Crippen molar-refractivity contribution in [2.45, 2.75) is 38.9 Å². The highest BCUT2D eigenvalue weighted by molar-refractivity contribution is 9.10. The van der Waals surface area contributed by atoms with E-state index in [1.807, 2.05) is 55.5 Å². The van der Waals surface area contributed by atoms with Crippen molar-refractivity contribution in [3.05, 3.63) is 106 Å². The number of halogens is 1. The van der Waals surface area contributed by atoms with Crippen LogP contribution in [-0.4, -0.2) is 16.0 Å². The molecule has 3 aromatic carbocycles. The number of hydrogen-bond donors (Lipinski definition) is 1. The molecule has 0 aromatic heterocycles. The molecule has 3 nitrogen and oxygen atoms in total. The van der Waals surface area contributed by atoms with E-state index in [2.05, 4.69) is 58.1 Å². The molecule has 0 aliphatic rings. The number of carbonyl (C=O) groups is 1. The number of benzene rings is 3. The van der Waals surface area contributed by atoms with E-state index in [0.717, 1.165) is 21.2 Å². The van der Waals surface area contributed by atoms with Crippen molar-refractivity contribution in [1.29, 1.82) is 0 Å². The Bertz CT molecular complexity index is 944. The largest absolute Gasteiger partial charge is 0.481 e. The smallest absolute Gasteiger partial charge is 0.305 e. The van der Waals surface area contributed by atoms with Gasteiger partial charge in [0.15, 0.2) is 0 Å². The monoisotopic (exact) mass is 451 g/mol. The molecular formula is C25H26BrNO2. The van der Waals surface area contributed by atoms with Gasteiger partial charge >= 0.3 is 5.97 Å². The lowest BCUT2D eigenvalue weighted by Gasteiger charge is -2.37. The van der Waals surface area contributed by atoms with Crippen LogP contribution in [0.25, 0.3) is 0 Å². The van der Waals surface area contributed by atoms with Crippen LogP contribution in [0.5, 0.6) is 0 Å². The maximum atomic E-state index is 11.8. The molecule has 0 aliphatic heterocycles. The summed E-state index contributed by atoms with van der Waals surface area (Å²) in [6.45, 7) is 4.85. The number of carboxylic acids is 1. The third kappa shape index (κ3) is 5.55. The fourth-order valence-corrected chi connectivity index (χ4v) is 4.04. The van der Waals surface area contributed by atoms with Crippen molar-refractivity contribution in [2.75, 3.05) is 0 Å². The van der Waals surface area contributed by atoms with Crippen LogP contribution in [-0.2, 0) is 11.3 Å². The first kappa shape index (κ1) is 21.3. The van der Waals surface area contributed by atoms with Crippen LogP contribution in [0.3, 0.4) is 0 Å².